The van der Waals surface area contributed by atoms with Gasteiger partial charge < -0.3 is 5.73 Å². The SMILES string of the molecule is CCCN(C(C)C)C(CN)c1cncc2ccccc12. The highest BCUT2D eigenvalue weighted by Gasteiger charge is 2.22. The van der Waals surface area contributed by atoms with Gasteiger partial charge in [-0.3, -0.25) is 9.88 Å². The molecule has 20 heavy (non-hydrogen) atoms. The summed E-state index contributed by atoms with van der Waals surface area (Å²) in [5.74, 6) is 0. The topological polar surface area (TPSA) is 42.1 Å². The van der Waals surface area contributed by atoms with E-state index in [1.165, 1.54) is 16.3 Å². The number of hydrogen-bond acceptors (Lipinski definition) is 3. The van der Waals surface area contributed by atoms with Gasteiger partial charge in [-0.15, -0.1) is 0 Å². The number of benzene rings is 1. The molecule has 0 saturated heterocycles. The summed E-state index contributed by atoms with van der Waals surface area (Å²) in [5.41, 5.74) is 7.34. The molecule has 1 atom stereocenters. The summed E-state index contributed by atoms with van der Waals surface area (Å²) in [4.78, 5) is 6.88. The molecule has 0 amide bonds. The highest BCUT2D eigenvalue weighted by atomic mass is 15.2. The third kappa shape index (κ3) is 3.00. The summed E-state index contributed by atoms with van der Waals surface area (Å²) < 4.78 is 0. The Morgan fingerprint density at radius 1 is 1.20 bits per heavy atom. The van der Waals surface area contributed by atoms with Crippen molar-refractivity contribution in [2.24, 2.45) is 5.73 Å². The van der Waals surface area contributed by atoms with Crippen LogP contribution < -0.4 is 5.73 Å². The van der Waals surface area contributed by atoms with E-state index < -0.39 is 0 Å². The molecule has 2 aromatic rings. The summed E-state index contributed by atoms with van der Waals surface area (Å²) in [6.45, 7) is 8.36. The zero-order valence-corrected chi connectivity index (χ0v) is 12.7. The van der Waals surface area contributed by atoms with Crippen LogP contribution in [0.15, 0.2) is 36.7 Å². The monoisotopic (exact) mass is 271 g/mol. The quantitative estimate of drug-likeness (QED) is 0.876. The molecule has 0 aliphatic heterocycles. The third-order valence-electron chi connectivity index (χ3n) is 3.83. The van der Waals surface area contributed by atoms with Crippen molar-refractivity contribution in [3.8, 4) is 0 Å². The molecule has 1 aromatic carbocycles. The molecule has 3 heteroatoms. The van der Waals surface area contributed by atoms with E-state index in [1.807, 2.05) is 12.4 Å². The van der Waals surface area contributed by atoms with Crippen molar-refractivity contribution in [1.29, 1.82) is 0 Å². The van der Waals surface area contributed by atoms with Crippen LogP contribution in [0.4, 0.5) is 0 Å². The number of hydrogen-bond donors (Lipinski definition) is 1. The summed E-state index contributed by atoms with van der Waals surface area (Å²) in [6, 6.07) is 9.12. The van der Waals surface area contributed by atoms with Crippen LogP contribution in [0, 0.1) is 0 Å². The van der Waals surface area contributed by atoms with Crippen molar-refractivity contribution in [2.75, 3.05) is 13.1 Å². The number of aromatic nitrogens is 1. The predicted octanol–water partition coefficient (Wildman–Crippen LogP) is 3.36. The number of nitrogens with two attached hydrogens (primary N) is 1. The highest BCUT2D eigenvalue weighted by Crippen LogP contribution is 2.28. The standard InChI is InChI=1S/C17H25N3/c1-4-9-20(13(2)3)17(10-18)16-12-19-11-14-7-5-6-8-15(14)16/h5-8,11-13,17H,4,9-10,18H2,1-3H3. The number of pyridine rings is 1. The molecule has 0 aliphatic carbocycles. The lowest BCUT2D eigenvalue weighted by Crippen LogP contribution is -2.39. The van der Waals surface area contributed by atoms with E-state index in [0.717, 1.165) is 13.0 Å². The fraction of sp³-hybridized carbons (Fsp3) is 0.471. The van der Waals surface area contributed by atoms with Crippen LogP contribution in [0.5, 0.6) is 0 Å². The second-order valence-corrected chi connectivity index (χ2v) is 5.53. The van der Waals surface area contributed by atoms with E-state index >= 15 is 0 Å². The lowest BCUT2D eigenvalue weighted by atomic mass is 9.99. The maximum Gasteiger partial charge on any atom is 0.0494 e. The van der Waals surface area contributed by atoms with Crippen LogP contribution in [0.2, 0.25) is 0 Å². The minimum Gasteiger partial charge on any atom is -0.329 e. The Hall–Kier alpha value is -1.45. The molecular formula is C17H25N3. The highest BCUT2D eigenvalue weighted by molar-refractivity contribution is 5.85. The van der Waals surface area contributed by atoms with Crippen molar-refractivity contribution in [3.05, 3.63) is 42.2 Å². The third-order valence-corrected chi connectivity index (χ3v) is 3.83. The molecule has 1 aromatic heterocycles. The van der Waals surface area contributed by atoms with Crippen LogP contribution in [0.3, 0.4) is 0 Å². The summed E-state index contributed by atoms with van der Waals surface area (Å²) in [7, 11) is 0. The van der Waals surface area contributed by atoms with E-state index in [0.29, 0.717) is 12.6 Å². The van der Waals surface area contributed by atoms with Crippen LogP contribution >= 0.6 is 0 Å². The molecule has 0 aliphatic rings. The average Bonchev–Trinajstić information content (AvgIpc) is 2.47. The van der Waals surface area contributed by atoms with E-state index in [9.17, 15) is 0 Å². The minimum absolute atomic E-state index is 0.230. The molecule has 2 rings (SSSR count). The van der Waals surface area contributed by atoms with Crippen molar-refractivity contribution >= 4 is 10.8 Å². The van der Waals surface area contributed by atoms with Crippen LogP contribution in [-0.4, -0.2) is 29.0 Å². The molecule has 1 unspecified atom stereocenters. The van der Waals surface area contributed by atoms with Crippen LogP contribution in [-0.2, 0) is 0 Å². The molecule has 0 radical (unpaired) electrons. The number of fused-ring (bicyclic) bond motifs is 1. The van der Waals surface area contributed by atoms with Crippen LogP contribution in [0.1, 0.15) is 38.8 Å². The zero-order valence-electron chi connectivity index (χ0n) is 12.7. The van der Waals surface area contributed by atoms with Gasteiger partial charge in [0.2, 0.25) is 0 Å². The van der Waals surface area contributed by atoms with E-state index in [2.05, 4.69) is 54.9 Å². The van der Waals surface area contributed by atoms with E-state index in [1.54, 1.807) is 0 Å². The fourth-order valence-corrected chi connectivity index (χ4v) is 2.88. The molecule has 0 bridgehead atoms. The van der Waals surface area contributed by atoms with Gasteiger partial charge in [-0.25, -0.2) is 0 Å². The number of rotatable bonds is 6. The lowest BCUT2D eigenvalue weighted by molar-refractivity contribution is 0.158. The van der Waals surface area contributed by atoms with Gasteiger partial charge in [0, 0.05) is 36.4 Å². The Morgan fingerprint density at radius 2 is 1.95 bits per heavy atom. The first-order valence-corrected chi connectivity index (χ1v) is 7.47. The van der Waals surface area contributed by atoms with Crippen molar-refractivity contribution in [2.45, 2.75) is 39.3 Å². The molecule has 0 saturated carbocycles. The Bertz CT molecular complexity index is 545. The largest absolute Gasteiger partial charge is 0.329 e. The Labute approximate surface area is 121 Å². The fourth-order valence-electron chi connectivity index (χ4n) is 2.88. The van der Waals surface area contributed by atoms with Gasteiger partial charge in [-0.2, -0.15) is 0 Å². The Balaban J connectivity index is 2.48. The van der Waals surface area contributed by atoms with Gasteiger partial charge >= 0.3 is 0 Å². The van der Waals surface area contributed by atoms with Gasteiger partial charge in [-0.05, 0) is 37.8 Å². The maximum absolute atomic E-state index is 6.10. The van der Waals surface area contributed by atoms with Crippen molar-refractivity contribution in [1.82, 2.24) is 9.88 Å². The zero-order chi connectivity index (χ0) is 14.5. The van der Waals surface area contributed by atoms with Crippen molar-refractivity contribution in [3.63, 3.8) is 0 Å². The first-order chi connectivity index (χ1) is 9.69. The van der Waals surface area contributed by atoms with Gasteiger partial charge in [0.25, 0.3) is 0 Å². The molecule has 108 valence electrons. The van der Waals surface area contributed by atoms with Gasteiger partial charge in [-0.1, -0.05) is 31.2 Å². The summed E-state index contributed by atoms with van der Waals surface area (Å²) >= 11 is 0. The number of nitrogens with zero attached hydrogens (tertiary/aromatic N) is 2. The molecule has 1 heterocycles. The van der Waals surface area contributed by atoms with Gasteiger partial charge in [0.1, 0.15) is 0 Å². The summed E-state index contributed by atoms with van der Waals surface area (Å²) in [6.07, 6.45) is 5.03. The molecule has 2 N–H and O–H groups in total. The first kappa shape index (κ1) is 14.9. The first-order valence-electron chi connectivity index (χ1n) is 7.47. The van der Waals surface area contributed by atoms with Gasteiger partial charge in [0.05, 0.1) is 0 Å². The van der Waals surface area contributed by atoms with Crippen LogP contribution in [0.25, 0.3) is 10.8 Å². The smallest absolute Gasteiger partial charge is 0.0494 e. The maximum atomic E-state index is 6.10. The van der Waals surface area contributed by atoms with E-state index in [4.69, 9.17) is 5.73 Å². The lowest BCUT2D eigenvalue weighted by Gasteiger charge is -2.34. The minimum atomic E-state index is 0.230. The molecular weight excluding hydrogens is 246 g/mol. The molecule has 0 spiro atoms. The average molecular weight is 271 g/mol. The normalized spacial score (nSPS) is 13.3. The summed E-state index contributed by atoms with van der Waals surface area (Å²) in [5, 5.41) is 2.45. The second-order valence-electron chi connectivity index (χ2n) is 5.53. The molecule has 0 fully saturated rings. The Kier molecular flexibility index (Phi) is 5.10. The molecule has 3 nitrogen and oxygen atoms in total. The van der Waals surface area contributed by atoms with Crippen molar-refractivity contribution < 1.29 is 0 Å². The Morgan fingerprint density at radius 3 is 2.60 bits per heavy atom. The van der Waals surface area contributed by atoms with E-state index in [-0.39, 0.29) is 6.04 Å². The predicted molar refractivity (Wildman–Crippen MR) is 85.7 cm³/mol. The second kappa shape index (κ2) is 6.82. The van der Waals surface area contributed by atoms with Gasteiger partial charge in [0.15, 0.2) is 0 Å².